The minimum Gasteiger partial charge on any atom is -0.319 e. The summed E-state index contributed by atoms with van der Waals surface area (Å²) in [6, 6.07) is 0. The molecule has 106 valence electrons. The summed E-state index contributed by atoms with van der Waals surface area (Å²) < 4.78 is 1.82. The average Bonchev–Trinajstić information content (AvgIpc) is 3.18. The molecule has 2 N–H and O–H groups in total. The Morgan fingerprint density at radius 3 is 2.63 bits per heavy atom. The van der Waals surface area contributed by atoms with Gasteiger partial charge in [-0.1, -0.05) is 18.5 Å². The van der Waals surface area contributed by atoms with Gasteiger partial charge in [-0.25, -0.2) is 0 Å². The van der Waals surface area contributed by atoms with E-state index in [4.69, 9.17) is 17.3 Å². The van der Waals surface area contributed by atoms with Crippen molar-refractivity contribution in [3.05, 3.63) is 16.4 Å². The fraction of sp³-hybridized carbons (Fsp3) is 0.714. The minimum atomic E-state index is -0.724. The number of rotatable bonds is 6. The molecule has 5 heteroatoms. The standard InChI is InChI=1S/C14H22ClN3O/c1-4-10-13(15)11(18(5-2)17-10)8-12(19)14(3,16)9-6-7-9/h9H,4-8,16H2,1-3H3. The molecule has 0 spiro atoms. The maximum Gasteiger partial charge on any atom is 0.158 e. The Bertz CT molecular complexity index is 489. The molecule has 1 unspecified atom stereocenters. The molecule has 1 aromatic heterocycles. The Morgan fingerprint density at radius 1 is 1.53 bits per heavy atom. The molecule has 0 amide bonds. The molecule has 0 radical (unpaired) electrons. The molecule has 1 heterocycles. The maximum atomic E-state index is 12.4. The third-order valence-electron chi connectivity index (χ3n) is 4.05. The SMILES string of the molecule is CCc1nn(CC)c(CC(=O)C(C)(N)C2CC2)c1Cl. The number of carbonyl (C=O) groups is 1. The number of ketones is 1. The van der Waals surface area contributed by atoms with Gasteiger partial charge in [-0.3, -0.25) is 9.48 Å². The van der Waals surface area contributed by atoms with E-state index in [1.807, 2.05) is 25.5 Å². The molecule has 0 saturated heterocycles. The van der Waals surface area contributed by atoms with Gasteiger partial charge in [0, 0.05) is 6.54 Å². The summed E-state index contributed by atoms with van der Waals surface area (Å²) in [6.07, 6.45) is 3.16. The summed E-state index contributed by atoms with van der Waals surface area (Å²) in [5.41, 5.74) is 7.11. The van der Waals surface area contributed by atoms with Crippen molar-refractivity contribution in [2.45, 2.75) is 58.5 Å². The number of nitrogens with two attached hydrogens (primary N) is 1. The van der Waals surface area contributed by atoms with Crippen LogP contribution in [0.15, 0.2) is 0 Å². The van der Waals surface area contributed by atoms with Crippen molar-refractivity contribution in [1.29, 1.82) is 0 Å². The molecule has 4 nitrogen and oxygen atoms in total. The quantitative estimate of drug-likeness (QED) is 0.872. The molecule has 1 aliphatic carbocycles. The third kappa shape index (κ3) is 2.70. The summed E-state index contributed by atoms with van der Waals surface area (Å²) in [6.45, 7) is 6.57. The fourth-order valence-electron chi connectivity index (χ4n) is 2.44. The Balaban J connectivity index is 2.23. The van der Waals surface area contributed by atoms with E-state index in [1.54, 1.807) is 0 Å². The van der Waals surface area contributed by atoms with E-state index in [1.165, 1.54) is 0 Å². The molecular formula is C14H22ClN3O. The monoisotopic (exact) mass is 283 g/mol. The van der Waals surface area contributed by atoms with Gasteiger partial charge in [-0.2, -0.15) is 5.10 Å². The number of hydrogen-bond acceptors (Lipinski definition) is 3. The van der Waals surface area contributed by atoms with Crippen LogP contribution in [0.3, 0.4) is 0 Å². The van der Waals surface area contributed by atoms with Crippen LogP contribution in [0.4, 0.5) is 0 Å². The van der Waals surface area contributed by atoms with Crippen LogP contribution in [0.2, 0.25) is 5.02 Å². The van der Waals surface area contributed by atoms with Crippen molar-refractivity contribution >= 4 is 17.4 Å². The van der Waals surface area contributed by atoms with E-state index < -0.39 is 5.54 Å². The second-order valence-electron chi connectivity index (χ2n) is 5.53. The average molecular weight is 284 g/mol. The largest absolute Gasteiger partial charge is 0.319 e. The van der Waals surface area contributed by atoms with Crippen LogP contribution >= 0.6 is 11.6 Å². The molecule has 2 rings (SSSR count). The molecule has 1 atom stereocenters. The van der Waals surface area contributed by atoms with Crippen LogP contribution in [0.5, 0.6) is 0 Å². The van der Waals surface area contributed by atoms with Gasteiger partial charge in [-0.15, -0.1) is 0 Å². The van der Waals surface area contributed by atoms with Gasteiger partial charge in [0.05, 0.1) is 28.4 Å². The molecule has 19 heavy (non-hydrogen) atoms. The van der Waals surface area contributed by atoms with Crippen molar-refractivity contribution in [3.8, 4) is 0 Å². The highest BCUT2D eigenvalue weighted by Crippen LogP contribution is 2.39. The summed E-state index contributed by atoms with van der Waals surface area (Å²) in [5, 5.41) is 5.06. The van der Waals surface area contributed by atoms with Crippen LogP contribution in [0.1, 0.15) is 45.0 Å². The van der Waals surface area contributed by atoms with Gasteiger partial charge in [0.1, 0.15) is 0 Å². The van der Waals surface area contributed by atoms with Crippen molar-refractivity contribution in [3.63, 3.8) is 0 Å². The molecule has 0 aliphatic heterocycles. The zero-order valence-corrected chi connectivity index (χ0v) is 12.6. The summed E-state index contributed by atoms with van der Waals surface area (Å²) in [7, 11) is 0. The highest BCUT2D eigenvalue weighted by molar-refractivity contribution is 6.32. The zero-order chi connectivity index (χ0) is 14.2. The second-order valence-corrected chi connectivity index (χ2v) is 5.91. The molecular weight excluding hydrogens is 262 g/mol. The first-order valence-corrected chi connectivity index (χ1v) is 7.35. The van der Waals surface area contributed by atoms with E-state index in [9.17, 15) is 4.79 Å². The van der Waals surface area contributed by atoms with E-state index in [0.717, 1.165) is 30.7 Å². The lowest BCUT2D eigenvalue weighted by Gasteiger charge is -2.22. The van der Waals surface area contributed by atoms with E-state index in [0.29, 0.717) is 17.5 Å². The lowest BCUT2D eigenvalue weighted by atomic mass is 9.89. The first-order valence-electron chi connectivity index (χ1n) is 6.98. The van der Waals surface area contributed by atoms with Crippen LogP contribution in [-0.2, 0) is 24.2 Å². The summed E-state index contributed by atoms with van der Waals surface area (Å²) in [5.74, 6) is 0.400. The number of hydrogen-bond donors (Lipinski definition) is 1. The summed E-state index contributed by atoms with van der Waals surface area (Å²) in [4.78, 5) is 12.4. The van der Waals surface area contributed by atoms with Crippen molar-refractivity contribution < 1.29 is 4.79 Å². The fourth-order valence-corrected chi connectivity index (χ4v) is 2.78. The molecule has 0 bridgehead atoms. The van der Waals surface area contributed by atoms with Gasteiger partial charge >= 0.3 is 0 Å². The van der Waals surface area contributed by atoms with Crippen molar-refractivity contribution in [2.24, 2.45) is 11.7 Å². The third-order valence-corrected chi connectivity index (χ3v) is 4.48. The number of halogens is 1. The highest BCUT2D eigenvalue weighted by Gasteiger charge is 2.43. The molecule has 1 fully saturated rings. The minimum absolute atomic E-state index is 0.0640. The van der Waals surface area contributed by atoms with Crippen LogP contribution in [-0.4, -0.2) is 21.1 Å². The van der Waals surface area contributed by atoms with Crippen molar-refractivity contribution in [2.75, 3.05) is 0 Å². The number of aromatic nitrogens is 2. The Morgan fingerprint density at radius 2 is 2.16 bits per heavy atom. The smallest absolute Gasteiger partial charge is 0.158 e. The van der Waals surface area contributed by atoms with Gasteiger partial charge in [-0.05, 0) is 39.0 Å². The Kier molecular flexibility index (Phi) is 4.02. The zero-order valence-electron chi connectivity index (χ0n) is 11.9. The Hall–Kier alpha value is -0.870. The number of carbonyl (C=O) groups excluding carboxylic acids is 1. The predicted octanol–water partition coefficient (Wildman–Crippen LogP) is 2.36. The first-order chi connectivity index (χ1) is 8.91. The number of aryl methyl sites for hydroxylation is 2. The lowest BCUT2D eigenvalue weighted by Crippen LogP contribution is -2.48. The van der Waals surface area contributed by atoms with Crippen molar-refractivity contribution in [1.82, 2.24) is 9.78 Å². The molecule has 1 saturated carbocycles. The van der Waals surface area contributed by atoms with E-state index in [-0.39, 0.29) is 12.2 Å². The van der Waals surface area contributed by atoms with Crippen LogP contribution in [0.25, 0.3) is 0 Å². The van der Waals surface area contributed by atoms with E-state index in [2.05, 4.69) is 5.10 Å². The maximum absolute atomic E-state index is 12.4. The Labute approximate surface area is 119 Å². The second kappa shape index (κ2) is 5.25. The van der Waals surface area contributed by atoms with Gasteiger partial charge < -0.3 is 5.73 Å². The normalized spacial score (nSPS) is 18.4. The number of nitrogens with zero attached hydrogens (tertiary/aromatic N) is 2. The molecule has 0 aromatic carbocycles. The van der Waals surface area contributed by atoms with Gasteiger partial charge in [0.2, 0.25) is 0 Å². The number of Topliss-reactive ketones (excluding diaryl/α,β-unsaturated/α-hetero) is 1. The van der Waals surface area contributed by atoms with Crippen LogP contribution in [0, 0.1) is 5.92 Å². The topological polar surface area (TPSA) is 60.9 Å². The van der Waals surface area contributed by atoms with E-state index >= 15 is 0 Å². The predicted molar refractivity (Wildman–Crippen MR) is 76.3 cm³/mol. The van der Waals surface area contributed by atoms with Crippen LogP contribution < -0.4 is 5.73 Å². The highest BCUT2D eigenvalue weighted by atomic mass is 35.5. The lowest BCUT2D eigenvalue weighted by molar-refractivity contribution is -0.123. The van der Waals surface area contributed by atoms with Gasteiger partial charge in [0.15, 0.2) is 5.78 Å². The van der Waals surface area contributed by atoms with Gasteiger partial charge in [0.25, 0.3) is 0 Å². The molecule has 1 aliphatic rings. The first kappa shape index (κ1) is 14.5. The molecule has 1 aromatic rings. The summed E-state index contributed by atoms with van der Waals surface area (Å²) >= 11 is 6.32.